The summed E-state index contributed by atoms with van der Waals surface area (Å²) in [6, 6.07) is 6.88. The van der Waals surface area contributed by atoms with Crippen molar-refractivity contribution in [3.8, 4) is 22.6 Å². The SMILES string of the molecule is COc1cc(OC)cc(-c2cn[nH]c(=O)c2)c1. The van der Waals surface area contributed by atoms with Gasteiger partial charge in [-0.05, 0) is 17.7 Å². The monoisotopic (exact) mass is 232 g/mol. The number of aromatic nitrogens is 2. The first-order valence-corrected chi connectivity index (χ1v) is 5.01. The molecule has 0 amide bonds. The maximum Gasteiger partial charge on any atom is 0.264 e. The Morgan fingerprint density at radius 3 is 2.18 bits per heavy atom. The summed E-state index contributed by atoms with van der Waals surface area (Å²) in [5.41, 5.74) is 1.29. The van der Waals surface area contributed by atoms with Gasteiger partial charge in [0.1, 0.15) is 11.5 Å². The largest absolute Gasteiger partial charge is 0.497 e. The molecule has 1 aromatic carbocycles. The van der Waals surface area contributed by atoms with Crippen molar-refractivity contribution >= 4 is 0 Å². The standard InChI is InChI=1S/C12H12N2O3/c1-16-10-3-8(4-11(6-10)17-2)9-5-12(15)14-13-7-9/h3-7H,1-2H3,(H,14,15). The fraction of sp³-hybridized carbons (Fsp3) is 0.167. The lowest BCUT2D eigenvalue weighted by Crippen LogP contribution is -2.05. The van der Waals surface area contributed by atoms with E-state index in [4.69, 9.17) is 9.47 Å². The van der Waals surface area contributed by atoms with Crippen molar-refractivity contribution in [2.45, 2.75) is 0 Å². The van der Waals surface area contributed by atoms with E-state index in [-0.39, 0.29) is 5.56 Å². The number of benzene rings is 1. The number of ether oxygens (including phenoxy) is 2. The molecule has 0 fully saturated rings. The van der Waals surface area contributed by atoms with Gasteiger partial charge in [-0.25, -0.2) is 5.10 Å². The molecule has 1 N–H and O–H groups in total. The molecular formula is C12H12N2O3. The third-order valence-corrected chi connectivity index (χ3v) is 2.35. The number of hydrogen-bond acceptors (Lipinski definition) is 4. The Balaban J connectivity index is 2.54. The minimum Gasteiger partial charge on any atom is -0.497 e. The van der Waals surface area contributed by atoms with Crippen LogP contribution in [0.5, 0.6) is 11.5 Å². The van der Waals surface area contributed by atoms with Crippen LogP contribution < -0.4 is 15.0 Å². The minimum absolute atomic E-state index is 0.246. The summed E-state index contributed by atoms with van der Waals surface area (Å²) >= 11 is 0. The fourth-order valence-corrected chi connectivity index (χ4v) is 1.51. The number of nitrogens with zero attached hydrogens (tertiary/aromatic N) is 1. The van der Waals surface area contributed by atoms with Crippen LogP contribution in [0.2, 0.25) is 0 Å². The normalized spacial score (nSPS) is 10.0. The molecule has 0 unspecified atom stereocenters. The van der Waals surface area contributed by atoms with E-state index in [1.807, 2.05) is 12.1 Å². The Morgan fingerprint density at radius 1 is 1.00 bits per heavy atom. The van der Waals surface area contributed by atoms with E-state index in [9.17, 15) is 4.79 Å². The van der Waals surface area contributed by atoms with Crippen LogP contribution in [0.4, 0.5) is 0 Å². The van der Waals surface area contributed by atoms with E-state index in [1.165, 1.54) is 6.07 Å². The Morgan fingerprint density at radius 2 is 1.65 bits per heavy atom. The molecule has 0 aliphatic rings. The lowest BCUT2D eigenvalue weighted by molar-refractivity contribution is 0.394. The average molecular weight is 232 g/mol. The van der Waals surface area contributed by atoms with Gasteiger partial charge in [0.2, 0.25) is 0 Å². The zero-order valence-electron chi connectivity index (χ0n) is 9.56. The lowest BCUT2D eigenvalue weighted by Gasteiger charge is -2.07. The van der Waals surface area contributed by atoms with Gasteiger partial charge in [0.05, 0.1) is 20.4 Å². The minimum atomic E-state index is -0.246. The van der Waals surface area contributed by atoms with Gasteiger partial charge in [-0.2, -0.15) is 5.10 Å². The van der Waals surface area contributed by atoms with Crippen molar-refractivity contribution in [1.82, 2.24) is 10.2 Å². The van der Waals surface area contributed by atoms with E-state index in [0.29, 0.717) is 17.1 Å². The summed E-state index contributed by atoms with van der Waals surface area (Å²) in [6.07, 6.45) is 1.58. The van der Waals surface area contributed by atoms with Crippen molar-refractivity contribution in [1.29, 1.82) is 0 Å². The molecule has 2 aromatic rings. The van der Waals surface area contributed by atoms with E-state index in [0.717, 1.165) is 5.56 Å². The predicted octanol–water partition coefficient (Wildman–Crippen LogP) is 1.45. The summed E-state index contributed by atoms with van der Waals surface area (Å²) in [6.45, 7) is 0. The van der Waals surface area contributed by atoms with Crippen LogP contribution in [-0.4, -0.2) is 24.4 Å². The molecular weight excluding hydrogens is 220 g/mol. The van der Waals surface area contributed by atoms with Crippen LogP contribution in [0.1, 0.15) is 0 Å². The van der Waals surface area contributed by atoms with Gasteiger partial charge >= 0.3 is 0 Å². The molecule has 0 aliphatic carbocycles. The smallest absolute Gasteiger partial charge is 0.264 e. The molecule has 0 saturated carbocycles. The molecule has 0 bridgehead atoms. The summed E-state index contributed by atoms with van der Waals surface area (Å²) < 4.78 is 10.3. The number of hydrogen-bond donors (Lipinski definition) is 1. The predicted molar refractivity (Wildman–Crippen MR) is 63.4 cm³/mol. The van der Waals surface area contributed by atoms with Crippen LogP contribution in [0, 0.1) is 0 Å². The molecule has 5 nitrogen and oxygen atoms in total. The second-order valence-electron chi connectivity index (χ2n) is 3.44. The summed E-state index contributed by atoms with van der Waals surface area (Å²) in [5, 5.41) is 6.08. The molecule has 0 saturated heterocycles. The van der Waals surface area contributed by atoms with E-state index >= 15 is 0 Å². The molecule has 5 heteroatoms. The molecule has 0 atom stereocenters. The van der Waals surface area contributed by atoms with Gasteiger partial charge in [0.25, 0.3) is 5.56 Å². The number of rotatable bonds is 3. The molecule has 0 aliphatic heterocycles. The van der Waals surface area contributed by atoms with Gasteiger partial charge in [-0.1, -0.05) is 0 Å². The Bertz CT molecular complexity index is 556. The summed E-state index contributed by atoms with van der Waals surface area (Å²) in [7, 11) is 3.16. The number of methoxy groups -OCH3 is 2. The molecule has 2 rings (SSSR count). The van der Waals surface area contributed by atoms with E-state index in [2.05, 4.69) is 10.2 Å². The maximum atomic E-state index is 11.2. The van der Waals surface area contributed by atoms with Crippen molar-refractivity contribution in [3.63, 3.8) is 0 Å². The van der Waals surface area contributed by atoms with Crippen molar-refractivity contribution in [2.24, 2.45) is 0 Å². The van der Waals surface area contributed by atoms with E-state index < -0.39 is 0 Å². The number of nitrogens with one attached hydrogen (secondary N) is 1. The third-order valence-electron chi connectivity index (χ3n) is 2.35. The highest BCUT2D eigenvalue weighted by Crippen LogP contribution is 2.28. The summed E-state index contributed by atoms with van der Waals surface area (Å²) in [5.74, 6) is 1.33. The van der Waals surface area contributed by atoms with Crippen molar-refractivity contribution in [3.05, 3.63) is 40.8 Å². The van der Waals surface area contributed by atoms with Crippen LogP contribution in [0.25, 0.3) is 11.1 Å². The van der Waals surface area contributed by atoms with Gasteiger partial charge in [0.15, 0.2) is 0 Å². The van der Waals surface area contributed by atoms with Gasteiger partial charge in [-0.15, -0.1) is 0 Å². The zero-order chi connectivity index (χ0) is 12.3. The van der Waals surface area contributed by atoms with E-state index in [1.54, 1.807) is 26.5 Å². The quantitative estimate of drug-likeness (QED) is 0.870. The van der Waals surface area contributed by atoms with Crippen LogP contribution in [-0.2, 0) is 0 Å². The molecule has 1 aromatic heterocycles. The first kappa shape index (κ1) is 11.2. The summed E-state index contributed by atoms with van der Waals surface area (Å²) in [4.78, 5) is 11.2. The fourth-order valence-electron chi connectivity index (χ4n) is 1.51. The van der Waals surface area contributed by atoms with Crippen LogP contribution in [0.3, 0.4) is 0 Å². The highest BCUT2D eigenvalue weighted by atomic mass is 16.5. The number of aromatic amines is 1. The zero-order valence-corrected chi connectivity index (χ0v) is 9.56. The Hall–Kier alpha value is -2.30. The first-order chi connectivity index (χ1) is 8.22. The average Bonchev–Trinajstić information content (AvgIpc) is 2.38. The molecule has 88 valence electrons. The van der Waals surface area contributed by atoms with Crippen LogP contribution in [0.15, 0.2) is 35.3 Å². The van der Waals surface area contributed by atoms with Gasteiger partial charge < -0.3 is 9.47 Å². The topological polar surface area (TPSA) is 64.2 Å². The Labute approximate surface area is 98.0 Å². The van der Waals surface area contributed by atoms with Crippen molar-refractivity contribution in [2.75, 3.05) is 14.2 Å². The molecule has 0 radical (unpaired) electrons. The van der Waals surface area contributed by atoms with Gasteiger partial charge in [0, 0.05) is 17.7 Å². The highest BCUT2D eigenvalue weighted by Gasteiger charge is 2.05. The lowest BCUT2D eigenvalue weighted by atomic mass is 10.1. The third kappa shape index (κ3) is 2.44. The van der Waals surface area contributed by atoms with Crippen LogP contribution >= 0.6 is 0 Å². The maximum absolute atomic E-state index is 11.2. The second kappa shape index (κ2) is 4.69. The van der Waals surface area contributed by atoms with Gasteiger partial charge in [-0.3, -0.25) is 4.79 Å². The molecule has 0 spiro atoms. The number of H-pyrrole nitrogens is 1. The van der Waals surface area contributed by atoms with Crippen molar-refractivity contribution < 1.29 is 9.47 Å². The second-order valence-corrected chi connectivity index (χ2v) is 3.44. The highest BCUT2D eigenvalue weighted by molar-refractivity contribution is 5.66. The first-order valence-electron chi connectivity index (χ1n) is 5.01. The Kier molecular flexibility index (Phi) is 3.09. The molecule has 1 heterocycles. The molecule has 17 heavy (non-hydrogen) atoms.